The zero-order valence-corrected chi connectivity index (χ0v) is 6.56. The van der Waals surface area contributed by atoms with Gasteiger partial charge in [-0.25, -0.2) is 0 Å². The summed E-state index contributed by atoms with van der Waals surface area (Å²) in [4.78, 5) is 8.00. The lowest BCUT2D eigenvalue weighted by molar-refractivity contribution is -0.0979. The fourth-order valence-electron chi connectivity index (χ4n) is 0. The lowest BCUT2D eigenvalue weighted by atomic mass is 11.0. The molecule has 0 aromatic rings. The molecule has 0 amide bonds. The molecule has 0 aromatic heterocycles. The van der Waals surface area contributed by atoms with E-state index in [4.69, 9.17) is 9.90 Å². The summed E-state index contributed by atoms with van der Waals surface area (Å²) >= 11 is 0. The van der Waals surface area contributed by atoms with Crippen molar-refractivity contribution in [2.45, 2.75) is 42.5 Å². The minimum atomic E-state index is 0. The fraction of sp³-hybridized carbons (Fsp3) is 0.875. The lowest BCUT2D eigenvalue weighted by Crippen LogP contribution is -1.25. The zero-order chi connectivity index (χ0) is 8.00. The highest BCUT2D eigenvalue weighted by atomic mass is 16.2. The highest BCUT2D eigenvalue weighted by molar-refractivity contribution is 5.10. The molecule has 0 spiro atoms. The normalized spacial score (nSPS) is 2.20. The summed E-state index contributed by atoms with van der Waals surface area (Å²) in [6.07, 6.45) is 0. The van der Waals surface area contributed by atoms with E-state index in [1.807, 2.05) is 34.5 Å². The van der Waals surface area contributed by atoms with Gasteiger partial charge < -0.3 is 9.90 Å². The highest BCUT2D eigenvalue weighted by Crippen LogP contribution is 1.15. The van der Waals surface area contributed by atoms with Gasteiger partial charge in [0.15, 0.2) is 0 Å². The lowest BCUT2D eigenvalue weighted by Gasteiger charge is -1.21. The minimum absolute atomic E-state index is 0. The molecule has 0 radical (unpaired) electrons. The molecule has 0 saturated carbocycles. The summed E-state index contributed by atoms with van der Waals surface area (Å²) < 4.78 is 0. The summed E-state index contributed by atoms with van der Waals surface area (Å²) in [5.41, 5.74) is 0. The average Bonchev–Trinajstić information content (AvgIpc) is 2.03. The van der Waals surface area contributed by atoms with Crippen LogP contribution in [0.5, 0.6) is 0 Å². The number of hydrogen-bond donors (Lipinski definition) is 1. The molecule has 0 unspecified atom stereocenters. The molecule has 10 heavy (non-hydrogen) atoms. The van der Waals surface area contributed by atoms with Gasteiger partial charge in [0.05, 0.1) is 0 Å². The molecule has 0 heterocycles. The van der Waals surface area contributed by atoms with Gasteiger partial charge in [-0.1, -0.05) is 42.5 Å². The number of rotatable bonds is 0. The second-order valence-electron chi connectivity index (χ2n) is 0. The molecule has 0 aliphatic rings. The van der Waals surface area contributed by atoms with E-state index in [1.165, 1.54) is 0 Å². The molecule has 0 rings (SSSR count). The Balaban J connectivity index is -0.00000000500. The first kappa shape index (κ1) is 54.4. The second-order valence-corrected chi connectivity index (χ2v) is 0. The van der Waals surface area contributed by atoms with E-state index in [9.17, 15) is 0 Å². The van der Waals surface area contributed by atoms with E-state index < -0.39 is 0 Å². The van der Waals surface area contributed by atoms with Crippen molar-refractivity contribution in [2.24, 2.45) is 0 Å². The monoisotopic (exact) mass is 154 g/mol. The first-order valence-electron chi connectivity index (χ1n) is 2.74. The Hall–Kier alpha value is -0.370. The molecule has 0 fully saturated rings. The third kappa shape index (κ3) is 2450. The van der Waals surface area contributed by atoms with Gasteiger partial charge in [-0.05, 0) is 0 Å². The summed E-state index contributed by atoms with van der Waals surface area (Å²) in [5, 5.41) is 7.00. The van der Waals surface area contributed by atoms with Crippen LogP contribution < -0.4 is 0 Å². The van der Waals surface area contributed by atoms with Crippen molar-refractivity contribution in [1.82, 2.24) is 0 Å². The van der Waals surface area contributed by atoms with Gasteiger partial charge >= 0.3 is 0 Å². The zero-order valence-electron chi connectivity index (χ0n) is 6.56. The quantitative estimate of drug-likeness (QED) is 0.582. The first-order valence-corrected chi connectivity index (χ1v) is 2.74. The Morgan fingerprint density at radius 2 is 0.800 bits per heavy atom. The van der Waals surface area contributed by atoms with E-state index in [0.717, 1.165) is 7.11 Å². The van der Waals surface area contributed by atoms with Crippen LogP contribution in [0.15, 0.2) is 0 Å². The van der Waals surface area contributed by atoms with Crippen molar-refractivity contribution in [3.05, 3.63) is 0 Å². The van der Waals surface area contributed by atoms with E-state index >= 15 is 0 Å². The Bertz CT molecular complexity index is 7.22. The van der Waals surface area contributed by atoms with Crippen molar-refractivity contribution in [1.29, 1.82) is 0 Å². The molecular weight excluding hydrogens is 128 g/mol. The minimum Gasteiger partial charge on any atom is -0.400 e. The van der Waals surface area contributed by atoms with Crippen LogP contribution in [0.4, 0.5) is 0 Å². The topological polar surface area (TPSA) is 37.3 Å². The van der Waals surface area contributed by atoms with Crippen LogP contribution in [0, 0.1) is 0 Å². The summed E-state index contributed by atoms with van der Waals surface area (Å²) in [6, 6.07) is 0. The SMILES string of the molecule is C.C.C=O.CC.CC.CO. The maximum absolute atomic E-state index is 8.00. The van der Waals surface area contributed by atoms with Crippen LogP contribution in [0.1, 0.15) is 42.5 Å². The van der Waals surface area contributed by atoms with Crippen molar-refractivity contribution in [2.75, 3.05) is 7.11 Å². The van der Waals surface area contributed by atoms with E-state index in [0.29, 0.717) is 0 Å². The molecular formula is C8H26O2. The van der Waals surface area contributed by atoms with Crippen LogP contribution in [-0.4, -0.2) is 19.0 Å². The maximum atomic E-state index is 8.00. The van der Waals surface area contributed by atoms with Gasteiger partial charge in [0.1, 0.15) is 6.79 Å². The highest BCUT2D eigenvalue weighted by Gasteiger charge is 0.934. The number of aliphatic hydroxyl groups excluding tert-OH is 1. The molecule has 0 aromatic carbocycles. The first-order chi connectivity index (χ1) is 4.00. The number of aliphatic hydroxyl groups is 1. The Morgan fingerprint density at radius 3 is 0.800 bits per heavy atom. The van der Waals surface area contributed by atoms with Gasteiger partial charge in [-0.15, -0.1) is 0 Å². The van der Waals surface area contributed by atoms with Crippen molar-refractivity contribution in [3.63, 3.8) is 0 Å². The molecule has 0 aliphatic carbocycles. The number of carbonyl (C=O) groups is 1. The predicted octanol–water partition coefficient (Wildman–Crippen LogP) is 2.75. The Morgan fingerprint density at radius 1 is 0.800 bits per heavy atom. The smallest absolute Gasteiger partial charge is 0.106 e. The van der Waals surface area contributed by atoms with Gasteiger partial charge in [-0.2, -0.15) is 0 Å². The third-order valence-corrected chi connectivity index (χ3v) is 0. The molecule has 0 saturated heterocycles. The van der Waals surface area contributed by atoms with Crippen LogP contribution in [0.2, 0.25) is 0 Å². The summed E-state index contributed by atoms with van der Waals surface area (Å²) in [7, 11) is 1.00. The van der Waals surface area contributed by atoms with Crippen LogP contribution in [0.25, 0.3) is 0 Å². The van der Waals surface area contributed by atoms with Crippen molar-refractivity contribution in [3.8, 4) is 0 Å². The largest absolute Gasteiger partial charge is 0.400 e. The Kier molecular flexibility index (Phi) is 20000. The third-order valence-electron chi connectivity index (χ3n) is 0. The van der Waals surface area contributed by atoms with Gasteiger partial charge in [0, 0.05) is 7.11 Å². The fourth-order valence-corrected chi connectivity index (χ4v) is 0. The van der Waals surface area contributed by atoms with E-state index in [2.05, 4.69) is 0 Å². The summed E-state index contributed by atoms with van der Waals surface area (Å²) in [6.45, 7) is 10.0. The average molecular weight is 154 g/mol. The molecule has 0 bridgehead atoms. The number of carbonyl (C=O) groups excluding carboxylic acids is 1. The van der Waals surface area contributed by atoms with Crippen LogP contribution in [0.3, 0.4) is 0 Å². The van der Waals surface area contributed by atoms with Gasteiger partial charge in [0.2, 0.25) is 0 Å². The molecule has 2 heteroatoms. The molecule has 70 valence electrons. The van der Waals surface area contributed by atoms with E-state index in [1.54, 1.807) is 0 Å². The maximum Gasteiger partial charge on any atom is 0.106 e. The number of hydrogen-bond acceptors (Lipinski definition) is 2. The van der Waals surface area contributed by atoms with Gasteiger partial charge in [-0.3, -0.25) is 0 Å². The van der Waals surface area contributed by atoms with Crippen LogP contribution >= 0.6 is 0 Å². The molecule has 1 N–H and O–H groups in total. The van der Waals surface area contributed by atoms with E-state index in [-0.39, 0.29) is 14.9 Å². The predicted molar refractivity (Wildman–Crippen MR) is 51.4 cm³/mol. The molecule has 0 atom stereocenters. The van der Waals surface area contributed by atoms with Crippen molar-refractivity contribution >= 4 is 6.79 Å². The second kappa shape index (κ2) is 3670. The van der Waals surface area contributed by atoms with Crippen molar-refractivity contribution < 1.29 is 9.90 Å². The molecule has 2 nitrogen and oxygen atoms in total. The van der Waals surface area contributed by atoms with Gasteiger partial charge in [0.25, 0.3) is 0 Å². The standard InChI is InChI=1S/2C2H6.CH4O.CH2O.2CH4/c4*1-2;;/h2*1-2H3;2H,1H3;1H2;2*1H4. The Labute approximate surface area is 67.3 Å². The summed E-state index contributed by atoms with van der Waals surface area (Å²) in [5.74, 6) is 0. The molecule has 0 aliphatic heterocycles. The van der Waals surface area contributed by atoms with Crippen LogP contribution in [-0.2, 0) is 4.79 Å².